The van der Waals surface area contributed by atoms with Crippen LogP contribution >= 0.6 is 0 Å². The number of anilines is 2. The number of aliphatic hydroxyl groups excluding tert-OH is 1. The zero-order valence-corrected chi connectivity index (χ0v) is 20.6. The first kappa shape index (κ1) is 24.6. The van der Waals surface area contributed by atoms with E-state index in [-0.39, 0.29) is 25.0 Å². The van der Waals surface area contributed by atoms with E-state index in [1.807, 2.05) is 4.90 Å². The molecule has 6 N–H and O–H groups in total. The summed E-state index contributed by atoms with van der Waals surface area (Å²) in [5, 5.41) is 16.4. The Balaban J connectivity index is 1.60. The van der Waals surface area contributed by atoms with E-state index in [4.69, 9.17) is 10.5 Å². The molecule has 1 aliphatic rings. The number of carbonyl (C=O) groups excluding carboxylic acids is 1. The number of aryl methyl sites for hydroxylation is 1. The van der Waals surface area contributed by atoms with Crippen LogP contribution in [0.5, 0.6) is 11.8 Å². The molecule has 0 saturated carbocycles. The molecule has 5 rings (SSSR count). The predicted molar refractivity (Wildman–Crippen MR) is 136 cm³/mol. The summed E-state index contributed by atoms with van der Waals surface area (Å²) in [6.45, 7) is 4.08. The lowest BCUT2D eigenvalue weighted by atomic mass is 10.0. The molecule has 0 radical (unpaired) electrons. The van der Waals surface area contributed by atoms with Crippen LogP contribution in [0.1, 0.15) is 12.7 Å². The molecule has 4 heterocycles. The number of ether oxygens (including phenoxy) is 1. The number of nitrogens with zero attached hydrogens (tertiary/aromatic N) is 5. The first-order valence-electron chi connectivity index (χ1n) is 11.9. The van der Waals surface area contributed by atoms with Crippen LogP contribution in [0.25, 0.3) is 21.9 Å². The molecular formula is C24H28FN9O3. The van der Waals surface area contributed by atoms with E-state index in [1.165, 1.54) is 24.5 Å². The third-order valence-corrected chi connectivity index (χ3v) is 6.29. The number of nitrogens with two attached hydrogens (primary N) is 1. The summed E-state index contributed by atoms with van der Waals surface area (Å²) in [5.74, 6) is 0.183. The van der Waals surface area contributed by atoms with Crippen LogP contribution in [-0.4, -0.2) is 74.8 Å². The molecule has 0 aliphatic carbocycles. The standard InChI is InChI=1S/C24H28FN9O3/c1-11(35)6-30-23(36)16-9-34(10-17(16)26)22-19-15-4-13(25)5-18(27-3)20(15)31-21(19)32-24(33-22)37-14-7-28-12(2)29-8-14/h4-5,7-8,11,16-17,27,35H,6,9-10,26H2,1-3H3,(H,30,36)(H,31,32,33). The van der Waals surface area contributed by atoms with Gasteiger partial charge >= 0.3 is 6.01 Å². The number of hydrogen-bond acceptors (Lipinski definition) is 10. The smallest absolute Gasteiger partial charge is 0.326 e. The van der Waals surface area contributed by atoms with E-state index in [2.05, 4.69) is 35.6 Å². The second kappa shape index (κ2) is 9.75. The lowest BCUT2D eigenvalue weighted by Crippen LogP contribution is -2.42. The first-order valence-corrected chi connectivity index (χ1v) is 11.9. The molecule has 0 bridgehead atoms. The van der Waals surface area contributed by atoms with E-state index in [0.29, 0.717) is 51.6 Å². The maximum atomic E-state index is 14.5. The Morgan fingerprint density at radius 2 is 2.08 bits per heavy atom. The van der Waals surface area contributed by atoms with Crippen molar-refractivity contribution in [2.45, 2.75) is 26.0 Å². The number of hydrogen-bond donors (Lipinski definition) is 5. The SMILES string of the molecule is CNc1cc(F)cc2c1[nH]c1nc(Oc3cnc(C)nc3)nc(N3CC(N)C(C(=O)NCC(C)O)C3)c12. The van der Waals surface area contributed by atoms with Gasteiger partial charge in [-0.1, -0.05) is 0 Å². The minimum Gasteiger partial charge on any atom is -0.421 e. The molecular weight excluding hydrogens is 481 g/mol. The quantitative estimate of drug-likeness (QED) is 0.246. The summed E-state index contributed by atoms with van der Waals surface area (Å²) >= 11 is 0. The van der Waals surface area contributed by atoms with Crippen LogP contribution in [0, 0.1) is 18.7 Å². The molecule has 4 aromatic rings. The minimum absolute atomic E-state index is 0.0311. The summed E-state index contributed by atoms with van der Waals surface area (Å²) in [6, 6.07) is 2.35. The largest absolute Gasteiger partial charge is 0.421 e. The highest BCUT2D eigenvalue weighted by Gasteiger charge is 2.37. The molecule has 1 fully saturated rings. The van der Waals surface area contributed by atoms with Gasteiger partial charge in [-0.2, -0.15) is 9.97 Å². The van der Waals surface area contributed by atoms with Crippen LogP contribution in [0.15, 0.2) is 24.5 Å². The molecule has 13 heteroatoms. The monoisotopic (exact) mass is 509 g/mol. The Kier molecular flexibility index (Phi) is 6.48. The highest BCUT2D eigenvalue weighted by Crippen LogP contribution is 2.38. The Morgan fingerprint density at radius 3 is 2.78 bits per heavy atom. The van der Waals surface area contributed by atoms with Gasteiger partial charge < -0.3 is 36.1 Å². The molecule has 37 heavy (non-hydrogen) atoms. The summed E-state index contributed by atoms with van der Waals surface area (Å²) in [7, 11) is 1.70. The number of aromatic amines is 1. The number of aliphatic hydroxyl groups is 1. The highest BCUT2D eigenvalue weighted by molar-refractivity contribution is 6.14. The van der Waals surface area contributed by atoms with Crippen molar-refractivity contribution in [1.29, 1.82) is 0 Å². The maximum Gasteiger partial charge on any atom is 0.326 e. The van der Waals surface area contributed by atoms with Gasteiger partial charge in [0, 0.05) is 38.1 Å². The van der Waals surface area contributed by atoms with Crippen LogP contribution in [-0.2, 0) is 4.79 Å². The molecule has 194 valence electrons. The van der Waals surface area contributed by atoms with Gasteiger partial charge in [-0.3, -0.25) is 4.79 Å². The van der Waals surface area contributed by atoms with Gasteiger partial charge in [0.1, 0.15) is 23.1 Å². The van der Waals surface area contributed by atoms with Gasteiger partial charge in [-0.25, -0.2) is 14.4 Å². The van der Waals surface area contributed by atoms with Crippen LogP contribution < -0.4 is 26.0 Å². The Bertz CT molecular complexity index is 1460. The Hall–Kier alpha value is -4.10. The molecule has 3 aromatic heterocycles. The van der Waals surface area contributed by atoms with Gasteiger partial charge in [0.05, 0.1) is 41.0 Å². The van der Waals surface area contributed by atoms with Crippen molar-refractivity contribution >= 4 is 39.3 Å². The van der Waals surface area contributed by atoms with Crippen molar-refractivity contribution in [1.82, 2.24) is 30.2 Å². The summed E-state index contributed by atoms with van der Waals surface area (Å²) in [6.07, 6.45) is 2.36. The molecule has 1 aliphatic heterocycles. The third kappa shape index (κ3) is 4.82. The molecule has 1 aromatic carbocycles. The number of fused-ring (bicyclic) bond motifs is 3. The van der Waals surface area contributed by atoms with Gasteiger partial charge in [0.15, 0.2) is 5.75 Å². The third-order valence-electron chi connectivity index (χ3n) is 6.29. The average molecular weight is 510 g/mol. The highest BCUT2D eigenvalue weighted by atomic mass is 19.1. The second-order valence-corrected chi connectivity index (χ2v) is 9.14. The number of aromatic nitrogens is 5. The first-order chi connectivity index (χ1) is 17.7. The van der Waals surface area contributed by atoms with Gasteiger partial charge in [0.25, 0.3) is 0 Å². The molecule has 0 spiro atoms. The normalized spacial score (nSPS) is 18.4. The molecule has 3 unspecified atom stereocenters. The van der Waals surface area contributed by atoms with E-state index in [0.717, 1.165) is 0 Å². The van der Waals surface area contributed by atoms with Crippen LogP contribution in [0.3, 0.4) is 0 Å². The molecule has 1 saturated heterocycles. The molecule has 12 nitrogen and oxygen atoms in total. The number of amides is 1. The summed E-state index contributed by atoms with van der Waals surface area (Å²) < 4.78 is 20.4. The van der Waals surface area contributed by atoms with Crippen molar-refractivity contribution in [2.24, 2.45) is 11.7 Å². The van der Waals surface area contributed by atoms with E-state index < -0.39 is 23.9 Å². The van der Waals surface area contributed by atoms with E-state index in [9.17, 15) is 14.3 Å². The van der Waals surface area contributed by atoms with Gasteiger partial charge in [-0.05, 0) is 26.0 Å². The predicted octanol–water partition coefficient (Wildman–Crippen LogP) is 1.44. The fourth-order valence-electron chi connectivity index (χ4n) is 4.49. The molecule has 1 amide bonds. The maximum absolute atomic E-state index is 14.5. The van der Waals surface area contributed by atoms with Crippen molar-refractivity contribution in [3.8, 4) is 11.8 Å². The fraction of sp³-hybridized carbons (Fsp3) is 0.375. The lowest BCUT2D eigenvalue weighted by Gasteiger charge is -2.19. The van der Waals surface area contributed by atoms with Gasteiger partial charge in [-0.15, -0.1) is 0 Å². The minimum atomic E-state index is -0.674. The summed E-state index contributed by atoms with van der Waals surface area (Å²) in [5.41, 5.74) is 8.00. The average Bonchev–Trinajstić information content (AvgIpc) is 3.43. The number of rotatable bonds is 7. The topological polar surface area (TPSA) is 167 Å². The number of H-pyrrole nitrogens is 1. The second-order valence-electron chi connectivity index (χ2n) is 9.14. The fourth-order valence-corrected chi connectivity index (χ4v) is 4.49. The zero-order chi connectivity index (χ0) is 26.3. The van der Waals surface area contributed by atoms with E-state index in [1.54, 1.807) is 20.9 Å². The summed E-state index contributed by atoms with van der Waals surface area (Å²) in [4.78, 5) is 35.3. The van der Waals surface area contributed by atoms with Crippen LogP contribution in [0.2, 0.25) is 0 Å². The number of benzene rings is 1. The Morgan fingerprint density at radius 1 is 1.32 bits per heavy atom. The number of nitrogens with one attached hydrogen (secondary N) is 3. The van der Waals surface area contributed by atoms with Crippen molar-refractivity contribution < 1.29 is 19.0 Å². The van der Waals surface area contributed by atoms with Crippen molar-refractivity contribution in [2.75, 3.05) is 36.9 Å². The van der Waals surface area contributed by atoms with Gasteiger partial charge in [0.2, 0.25) is 5.91 Å². The zero-order valence-electron chi connectivity index (χ0n) is 20.6. The van der Waals surface area contributed by atoms with Crippen molar-refractivity contribution in [3.63, 3.8) is 0 Å². The number of carbonyl (C=O) groups is 1. The van der Waals surface area contributed by atoms with Crippen molar-refractivity contribution in [3.05, 3.63) is 36.2 Å². The lowest BCUT2D eigenvalue weighted by molar-refractivity contribution is -0.125. The van der Waals surface area contributed by atoms with Crippen LogP contribution in [0.4, 0.5) is 15.9 Å². The van der Waals surface area contributed by atoms with E-state index >= 15 is 0 Å². The molecule has 3 atom stereocenters. The Labute approximate surface area is 211 Å². The number of halogens is 1.